The first kappa shape index (κ1) is 15.1. The Morgan fingerprint density at radius 2 is 1.94 bits per heavy atom. The van der Waals surface area contributed by atoms with Crippen LogP contribution in [0.15, 0.2) is 18.2 Å². The molecule has 0 fully saturated rings. The number of halogens is 4. The molecular formula is C12H16ClF3N2. The topological polar surface area (TPSA) is 15.3 Å². The molecule has 1 aromatic carbocycles. The van der Waals surface area contributed by atoms with Crippen molar-refractivity contribution in [3.05, 3.63) is 28.8 Å². The van der Waals surface area contributed by atoms with Gasteiger partial charge in [0.1, 0.15) is 0 Å². The van der Waals surface area contributed by atoms with Crippen LogP contribution >= 0.6 is 11.6 Å². The minimum Gasteiger partial charge on any atom is -0.385 e. The molecule has 1 rings (SSSR count). The summed E-state index contributed by atoms with van der Waals surface area (Å²) in [7, 11) is 3.84. The first-order valence-electron chi connectivity index (χ1n) is 5.56. The van der Waals surface area contributed by atoms with Crippen LogP contribution in [0.2, 0.25) is 5.02 Å². The molecule has 0 saturated carbocycles. The van der Waals surface area contributed by atoms with E-state index in [1.54, 1.807) is 0 Å². The van der Waals surface area contributed by atoms with E-state index in [0.29, 0.717) is 6.54 Å². The molecule has 0 radical (unpaired) electrons. The summed E-state index contributed by atoms with van der Waals surface area (Å²) in [6.07, 6.45) is -3.62. The molecule has 1 aromatic rings. The van der Waals surface area contributed by atoms with E-state index in [-0.39, 0.29) is 10.7 Å². The molecule has 0 atom stereocenters. The van der Waals surface area contributed by atoms with Crippen molar-refractivity contribution in [1.82, 2.24) is 4.90 Å². The molecule has 0 aliphatic heterocycles. The highest BCUT2D eigenvalue weighted by Gasteiger charge is 2.33. The van der Waals surface area contributed by atoms with Crippen LogP contribution in [-0.4, -0.2) is 32.1 Å². The predicted octanol–water partition coefficient (Wildman–Crippen LogP) is 3.72. The number of hydrogen-bond acceptors (Lipinski definition) is 2. The number of alkyl halides is 3. The van der Waals surface area contributed by atoms with Crippen molar-refractivity contribution in [2.75, 3.05) is 32.5 Å². The maximum Gasteiger partial charge on any atom is 0.418 e. The Morgan fingerprint density at radius 3 is 2.50 bits per heavy atom. The van der Waals surface area contributed by atoms with Crippen molar-refractivity contribution in [3.63, 3.8) is 0 Å². The Bertz CT molecular complexity index is 391. The summed E-state index contributed by atoms with van der Waals surface area (Å²) in [6.45, 7) is 1.31. The van der Waals surface area contributed by atoms with Gasteiger partial charge in [-0.2, -0.15) is 13.2 Å². The second-order valence-electron chi connectivity index (χ2n) is 4.27. The van der Waals surface area contributed by atoms with Crippen molar-refractivity contribution in [2.24, 2.45) is 0 Å². The number of anilines is 1. The van der Waals surface area contributed by atoms with E-state index in [9.17, 15) is 13.2 Å². The smallest absolute Gasteiger partial charge is 0.385 e. The molecule has 0 bridgehead atoms. The van der Waals surface area contributed by atoms with Gasteiger partial charge in [-0.15, -0.1) is 0 Å². The number of nitrogens with zero attached hydrogens (tertiary/aromatic N) is 1. The standard InChI is InChI=1S/C12H16ClF3N2/c1-18(2)7-3-6-17-11-5-4-9(13)8-10(11)12(14,15)16/h4-5,8,17H,3,6-7H2,1-2H3. The molecule has 0 spiro atoms. The normalized spacial score (nSPS) is 11.9. The maximum atomic E-state index is 12.8. The van der Waals surface area contributed by atoms with Gasteiger partial charge in [0.25, 0.3) is 0 Å². The van der Waals surface area contributed by atoms with Gasteiger partial charge in [0.15, 0.2) is 0 Å². The zero-order valence-electron chi connectivity index (χ0n) is 10.3. The van der Waals surface area contributed by atoms with Gasteiger partial charge in [0.2, 0.25) is 0 Å². The lowest BCUT2D eigenvalue weighted by Gasteiger charge is -2.15. The van der Waals surface area contributed by atoms with E-state index in [0.717, 1.165) is 19.0 Å². The Morgan fingerprint density at radius 1 is 1.28 bits per heavy atom. The van der Waals surface area contributed by atoms with E-state index in [2.05, 4.69) is 5.32 Å². The molecule has 0 aliphatic rings. The third-order valence-corrected chi connectivity index (χ3v) is 2.62. The van der Waals surface area contributed by atoms with Gasteiger partial charge in [-0.3, -0.25) is 0 Å². The van der Waals surface area contributed by atoms with E-state index in [1.807, 2.05) is 19.0 Å². The summed E-state index contributed by atoms with van der Waals surface area (Å²) in [5.74, 6) is 0. The molecule has 0 saturated heterocycles. The summed E-state index contributed by atoms with van der Waals surface area (Å²) in [5, 5.41) is 2.88. The first-order chi connectivity index (χ1) is 8.30. The molecule has 1 N–H and O–H groups in total. The zero-order valence-corrected chi connectivity index (χ0v) is 11.1. The zero-order chi connectivity index (χ0) is 13.8. The van der Waals surface area contributed by atoms with Crippen molar-refractivity contribution in [3.8, 4) is 0 Å². The van der Waals surface area contributed by atoms with E-state index >= 15 is 0 Å². The van der Waals surface area contributed by atoms with Crippen molar-refractivity contribution < 1.29 is 13.2 Å². The average Bonchev–Trinajstić information content (AvgIpc) is 2.24. The SMILES string of the molecule is CN(C)CCCNc1ccc(Cl)cc1C(F)(F)F. The van der Waals surface area contributed by atoms with Crippen LogP contribution in [0.1, 0.15) is 12.0 Å². The number of rotatable bonds is 5. The van der Waals surface area contributed by atoms with Crippen LogP contribution < -0.4 is 5.32 Å². The van der Waals surface area contributed by atoms with Gasteiger partial charge >= 0.3 is 6.18 Å². The first-order valence-corrected chi connectivity index (χ1v) is 5.94. The fourth-order valence-corrected chi connectivity index (χ4v) is 1.70. The van der Waals surface area contributed by atoms with Gasteiger partial charge in [-0.25, -0.2) is 0 Å². The van der Waals surface area contributed by atoms with Crippen molar-refractivity contribution >= 4 is 17.3 Å². The summed E-state index contributed by atoms with van der Waals surface area (Å²) < 4.78 is 38.3. The van der Waals surface area contributed by atoms with Crippen LogP contribution in [0, 0.1) is 0 Å². The summed E-state index contributed by atoms with van der Waals surface area (Å²) >= 11 is 5.59. The van der Waals surface area contributed by atoms with E-state index in [4.69, 9.17) is 11.6 Å². The minimum absolute atomic E-state index is 0.0747. The summed E-state index contributed by atoms with van der Waals surface area (Å²) in [6, 6.07) is 3.75. The molecule has 0 unspecified atom stereocenters. The number of benzene rings is 1. The minimum atomic E-state index is -4.39. The van der Waals surface area contributed by atoms with Crippen LogP contribution in [0.5, 0.6) is 0 Å². The van der Waals surface area contributed by atoms with Gasteiger partial charge < -0.3 is 10.2 Å². The molecule has 0 amide bonds. The third-order valence-electron chi connectivity index (χ3n) is 2.38. The summed E-state index contributed by atoms with van der Waals surface area (Å²) in [4.78, 5) is 1.98. The average molecular weight is 281 g/mol. The van der Waals surface area contributed by atoms with Gasteiger partial charge in [0.05, 0.1) is 5.56 Å². The highest BCUT2D eigenvalue weighted by Crippen LogP contribution is 2.36. The van der Waals surface area contributed by atoms with Crippen molar-refractivity contribution in [2.45, 2.75) is 12.6 Å². The highest BCUT2D eigenvalue weighted by atomic mass is 35.5. The third kappa shape index (κ3) is 4.74. The molecule has 0 aliphatic carbocycles. The lowest BCUT2D eigenvalue weighted by molar-refractivity contribution is -0.136. The number of hydrogen-bond donors (Lipinski definition) is 1. The van der Waals surface area contributed by atoms with Crippen LogP contribution in [0.3, 0.4) is 0 Å². The second-order valence-corrected chi connectivity index (χ2v) is 4.71. The monoisotopic (exact) mass is 280 g/mol. The Labute approximate surface area is 110 Å². The molecular weight excluding hydrogens is 265 g/mol. The molecule has 6 heteroatoms. The van der Waals surface area contributed by atoms with Gasteiger partial charge in [-0.05, 0) is 45.3 Å². The Balaban J connectivity index is 2.70. The Kier molecular flexibility index (Phi) is 5.28. The summed E-state index contributed by atoms with van der Waals surface area (Å²) in [5.41, 5.74) is -0.648. The molecule has 2 nitrogen and oxygen atoms in total. The second kappa shape index (κ2) is 6.29. The van der Waals surface area contributed by atoms with E-state index < -0.39 is 11.7 Å². The van der Waals surface area contributed by atoms with Gasteiger partial charge in [-0.1, -0.05) is 11.6 Å². The molecule has 0 aromatic heterocycles. The van der Waals surface area contributed by atoms with Crippen LogP contribution in [-0.2, 0) is 6.18 Å². The largest absolute Gasteiger partial charge is 0.418 e. The molecule has 102 valence electrons. The lowest BCUT2D eigenvalue weighted by atomic mass is 10.1. The fraction of sp³-hybridized carbons (Fsp3) is 0.500. The Hall–Kier alpha value is -0.940. The van der Waals surface area contributed by atoms with Gasteiger partial charge in [0, 0.05) is 17.3 Å². The predicted molar refractivity (Wildman–Crippen MR) is 68.1 cm³/mol. The highest BCUT2D eigenvalue weighted by molar-refractivity contribution is 6.30. The van der Waals surface area contributed by atoms with E-state index in [1.165, 1.54) is 12.1 Å². The fourth-order valence-electron chi connectivity index (χ4n) is 1.52. The van der Waals surface area contributed by atoms with Crippen LogP contribution in [0.25, 0.3) is 0 Å². The van der Waals surface area contributed by atoms with Crippen molar-refractivity contribution in [1.29, 1.82) is 0 Å². The molecule has 0 heterocycles. The number of nitrogens with one attached hydrogen (secondary N) is 1. The molecule has 18 heavy (non-hydrogen) atoms. The maximum absolute atomic E-state index is 12.8. The van der Waals surface area contributed by atoms with Crippen LogP contribution in [0.4, 0.5) is 18.9 Å². The quantitative estimate of drug-likeness (QED) is 0.827. The lowest BCUT2D eigenvalue weighted by Crippen LogP contribution is -2.17.